The molecule has 0 saturated heterocycles. The van der Waals surface area contributed by atoms with Gasteiger partial charge in [-0.05, 0) is 25.0 Å². The predicted molar refractivity (Wildman–Crippen MR) is 85.9 cm³/mol. The van der Waals surface area contributed by atoms with Gasteiger partial charge in [0.25, 0.3) is 0 Å². The van der Waals surface area contributed by atoms with Crippen molar-refractivity contribution < 1.29 is 4.74 Å². The molecule has 0 bridgehead atoms. The van der Waals surface area contributed by atoms with Crippen LogP contribution < -0.4 is 11.3 Å². The van der Waals surface area contributed by atoms with E-state index in [0.717, 1.165) is 24.3 Å². The average Bonchev–Trinajstić information content (AvgIpc) is 2.83. The van der Waals surface area contributed by atoms with Crippen molar-refractivity contribution in [3.63, 3.8) is 0 Å². The molecule has 0 radical (unpaired) electrons. The summed E-state index contributed by atoms with van der Waals surface area (Å²) < 4.78 is 7.85. The second kappa shape index (κ2) is 7.02. The summed E-state index contributed by atoms with van der Waals surface area (Å²) in [4.78, 5) is 4.76. The molecule has 116 valence electrons. The summed E-state index contributed by atoms with van der Waals surface area (Å²) in [5, 5.41) is 0. The smallest absolute Gasteiger partial charge is 0.111 e. The number of methoxy groups -OCH3 is 1. The quantitative estimate of drug-likeness (QED) is 0.605. The number of ether oxygens (including phenoxy) is 1. The van der Waals surface area contributed by atoms with E-state index in [1.807, 2.05) is 18.2 Å². The number of nitrogens with one attached hydrogen (secondary N) is 1. The minimum atomic E-state index is 0.0390. The molecule has 0 fully saturated rings. The Labute approximate surface area is 126 Å². The number of hydrazine groups is 1. The molecule has 2 atom stereocenters. The summed E-state index contributed by atoms with van der Waals surface area (Å²) >= 11 is 0. The Morgan fingerprint density at radius 2 is 2.05 bits per heavy atom. The van der Waals surface area contributed by atoms with Gasteiger partial charge in [0.15, 0.2) is 0 Å². The first-order valence-corrected chi connectivity index (χ1v) is 7.55. The van der Waals surface area contributed by atoms with Crippen LogP contribution in [0.3, 0.4) is 0 Å². The summed E-state index contributed by atoms with van der Waals surface area (Å²) in [5.74, 6) is 7.18. The molecule has 0 saturated carbocycles. The first kappa shape index (κ1) is 15.9. The summed E-state index contributed by atoms with van der Waals surface area (Å²) in [6.07, 6.45) is 0.801. The lowest BCUT2D eigenvalue weighted by atomic mass is 9.97. The van der Waals surface area contributed by atoms with E-state index in [9.17, 15) is 0 Å². The Bertz CT molecular complexity index is 579. The Morgan fingerprint density at radius 3 is 2.62 bits per heavy atom. The highest BCUT2D eigenvalue weighted by Gasteiger charge is 2.25. The van der Waals surface area contributed by atoms with Gasteiger partial charge in [0, 0.05) is 20.1 Å². The van der Waals surface area contributed by atoms with Gasteiger partial charge in [0.1, 0.15) is 5.82 Å². The number of aromatic nitrogens is 2. The van der Waals surface area contributed by atoms with Gasteiger partial charge in [-0.15, -0.1) is 0 Å². The third kappa shape index (κ3) is 3.26. The first-order chi connectivity index (χ1) is 10.1. The molecule has 0 spiro atoms. The maximum atomic E-state index is 5.75. The van der Waals surface area contributed by atoms with Crippen molar-refractivity contribution in [1.29, 1.82) is 0 Å². The van der Waals surface area contributed by atoms with Gasteiger partial charge in [-0.1, -0.05) is 26.0 Å². The molecule has 5 heteroatoms. The predicted octanol–water partition coefficient (Wildman–Crippen LogP) is 2.10. The Hall–Kier alpha value is -1.43. The lowest BCUT2D eigenvalue weighted by Gasteiger charge is -2.28. The summed E-state index contributed by atoms with van der Waals surface area (Å²) in [6, 6.07) is 8.26. The second-order valence-corrected chi connectivity index (χ2v) is 5.68. The SMILES string of the molecule is CCn1c(CC(NN)C(OC)C(C)C)nc2ccccc21. The summed E-state index contributed by atoms with van der Waals surface area (Å²) in [5.41, 5.74) is 5.10. The van der Waals surface area contributed by atoms with Gasteiger partial charge in [-0.2, -0.15) is 0 Å². The van der Waals surface area contributed by atoms with Gasteiger partial charge in [-0.3, -0.25) is 11.3 Å². The van der Waals surface area contributed by atoms with Gasteiger partial charge in [0.05, 0.1) is 23.2 Å². The summed E-state index contributed by atoms with van der Waals surface area (Å²) in [6.45, 7) is 7.31. The zero-order valence-electron chi connectivity index (χ0n) is 13.3. The molecule has 5 nitrogen and oxygen atoms in total. The zero-order valence-corrected chi connectivity index (χ0v) is 13.3. The first-order valence-electron chi connectivity index (χ1n) is 7.55. The third-order valence-corrected chi connectivity index (χ3v) is 3.99. The van der Waals surface area contributed by atoms with Crippen molar-refractivity contribution in [3.8, 4) is 0 Å². The molecule has 1 aromatic carbocycles. The van der Waals surface area contributed by atoms with Gasteiger partial charge >= 0.3 is 0 Å². The third-order valence-electron chi connectivity index (χ3n) is 3.99. The fraction of sp³-hybridized carbons (Fsp3) is 0.562. The molecule has 0 amide bonds. The Morgan fingerprint density at radius 1 is 1.33 bits per heavy atom. The zero-order chi connectivity index (χ0) is 15.4. The number of para-hydroxylation sites is 2. The van der Waals surface area contributed by atoms with Crippen molar-refractivity contribution in [2.24, 2.45) is 11.8 Å². The molecule has 3 N–H and O–H groups in total. The van der Waals surface area contributed by atoms with E-state index in [0.29, 0.717) is 5.92 Å². The van der Waals surface area contributed by atoms with Crippen molar-refractivity contribution in [1.82, 2.24) is 15.0 Å². The van der Waals surface area contributed by atoms with Crippen molar-refractivity contribution >= 4 is 11.0 Å². The topological polar surface area (TPSA) is 65.1 Å². The molecule has 0 aliphatic heterocycles. The number of nitrogens with two attached hydrogens (primary N) is 1. The van der Waals surface area contributed by atoms with Gasteiger partial charge < -0.3 is 9.30 Å². The monoisotopic (exact) mass is 290 g/mol. The average molecular weight is 290 g/mol. The normalized spacial score (nSPS) is 14.8. The maximum absolute atomic E-state index is 5.75. The lowest BCUT2D eigenvalue weighted by Crippen LogP contribution is -2.48. The molecule has 2 aromatic rings. The maximum Gasteiger partial charge on any atom is 0.111 e. The van der Waals surface area contributed by atoms with Crippen molar-refractivity contribution in [2.45, 2.75) is 45.9 Å². The van der Waals surface area contributed by atoms with Crippen molar-refractivity contribution in [2.75, 3.05) is 7.11 Å². The minimum Gasteiger partial charge on any atom is -0.379 e. The van der Waals surface area contributed by atoms with Gasteiger partial charge in [0.2, 0.25) is 0 Å². The van der Waals surface area contributed by atoms with E-state index < -0.39 is 0 Å². The standard InChI is InChI=1S/C16H26N4O/c1-5-20-14-9-7-6-8-12(14)18-15(20)10-13(19-17)16(21-4)11(2)3/h6-9,11,13,16,19H,5,10,17H2,1-4H3. The van der Waals surface area contributed by atoms with Crippen LogP contribution in [0.1, 0.15) is 26.6 Å². The number of aryl methyl sites for hydroxylation is 1. The number of hydrogen-bond acceptors (Lipinski definition) is 4. The Kier molecular flexibility index (Phi) is 5.33. The second-order valence-electron chi connectivity index (χ2n) is 5.68. The molecule has 0 aliphatic carbocycles. The number of imidazole rings is 1. The van der Waals surface area contributed by atoms with Gasteiger partial charge in [-0.25, -0.2) is 4.98 Å². The van der Waals surface area contributed by atoms with E-state index in [1.165, 1.54) is 5.52 Å². The van der Waals surface area contributed by atoms with E-state index in [4.69, 9.17) is 15.6 Å². The molecule has 1 heterocycles. The van der Waals surface area contributed by atoms with E-state index in [-0.39, 0.29) is 12.1 Å². The largest absolute Gasteiger partial charge is 0.379 e. The minimum absolute atomic E-state index is 0.0390. The number of rotatable bonds is 7. The molecular weight excluding hydrogens is 264 g/mol. The molecule has 2 unspecified atom stereocenters. The van der Waals surface area contributed by atoms with Crippen LogP contribution in [0.5, 0.6) is 0 Å². The molecular formula is C16H26N4O. The van der Waals surface area contributed by atoms with Crippen LogP contribution in [0.25, 0.3) is 11.0 Å². The number of fused-ring (bicyclic) bond motifs is 1. The number of nitrogens with zero attached hydrogens (tertiary/aromatic N) is 2. The lowest BCUT2D eigenvalue weighted by molar-refractivity contribution is 0.0325. The van der Waals surface area contributed by atoms with Crippen LogP contribution in [0.2, 0.25) is 0 Å². The fourth-order valence-corrected chi connectivity index (χ4v) is 3.00. The van der Waals surface area contributed by atoms with Crippen molar-refractivity contribution in [3.05, 3.63) is 30.1 Å². The van der Waals surface area contributed by atoms with Crippen LogP contribution in [0.4, 0.5) is 0 Å². The van der Waals surface area contributed by atoms with Crippen LogP contribution in [-0.4, -0.2) is 28.8 Å². The molecule has 0 aliphatic rings. The highest BCUT2D eigenvalue weighted by molar-refractivity contribution is 5.75. The van der Waals surface area contributed by atoms with Crippen LogP contribution in [0, 0.1) is 5.92 Å². The number of hydrogen-bond donors (Lipinski definition) is 2. The fourth-order valence-electron chi connectivity index (χ4n) is 3.00. The highest BCUT2D eigenvalue weighted by atomic mass is 16.5. The number of benzene rings is 1. The molecule has 2 rings (SSSR count). The summed E-state index contributed by atoms with van der Waals surface area (Å²) in [7, 11) is 1.73. The molecule has 1 aromatic heterocycles. The molecule has 21 heavy (non-hydrogen) atoms. The van der Waals surface area contributed by atoms with Crippen LogP contribution in [-0.2, 0) is 17.7 Å². The van der Waals surface area contributed by atoms with Crippen LogP contribution in [0.15, 0.2) is 24.3 Å². The van der Waals surface area contributed by atoms with E-state index >= 15 is 0 Å². The van der Waals surface area contributed by atoms with E-state index in [1.54, 1.807) is 7.11 Å². The Balaban J connectivity index is 2.33. The van der Waals surface area contributed by atoms with Crippen LogP contribution >= 0.6 is 0 Å². The highest BCUT2D eigenvalue weighted by Crippen LogP contribution is 2.19. The van der Waals surface area contributed by atoms with E-state index in [2.05, 4.69) is 36.8 Å².